The van der Waals surface area contributed by atoms with Crippen LogP contribution in [0.5, 0.6) is 0 Å². The summed E-state index contributed by atoms with van der Waals surface area (Å²) in [5.74, 6) is 1.65. The van der Waals surface area contributed by atoms with Gasteiger partial charge < -0.3 is 9.64 Å². The highest BCUT2D eigenvalue weighted by molar-refractivity contribution is 5.77. The first-order valence-electron chi connectivity index (χ1n) is 6.29. The van der Waals surface area contributed by atoms with Crippen LogP contribution in [0.15, 0.2) is 0 Å². The molecule has 1 aliphatic carbocycles. The smallest absolute Gasteiger partial charge is 0.248 e. The lowest BCUT2D eigenvalue weighted by Gasteiger charge is -2.43. The number of amides is 1. The summed E-state index contributed by atoms with van der Waals surface area (Å²) in [4.78, 5) is 13.6. The van der Waals surface area contributed by atoms with Crippen LogP contribution in [0.25, 0.3) is 0 Å². The van der Waals surface area contributed by atoms with Gasteiger partial charge in [0.15, 0.2) is 0 Å². The van der Waals surface area contributed by atoms with Gasteiger partial charge in [-0.2, -0.15) is 0 Å². The Morgan fingerprint density at radius 1 is 1.31 bits per heavy atom. The molecule has 1 aliphatic rings. The Labute approximate surface area is 99.1 Å². The van der Waals surface area contributed by atoms with Crippen LogP contribution in [0.4, 0.5) is 0 Å². The number of likely N-dealkylation sites (N-methyl/N-ethyl adjacent to an activating group) is 1. The molecule has 3 nitrogen and oxygen atoms in total. The van der Waals surface area contributed by atoms with Gasteiger partial charge in [-0.1, -0.05) is 13.8 Å². The maximum absolute atomic E-state index is 11.8. The third-order valence-corrected chi connectivity index (χ3v) is 3.57. The molecule has 0 atom stereocenters. The molecule has 0 radical (unpaired) electrons. The lowest BCUT2D eigenvalue weighted by molar-refractivity contribution is -0.141. The van der Waals surface area contributed by atoms with Crippen LogP contribution in [0, 0.1) is 11.8 Å². The number of nitrogens with zero attached hydrogens (tertiary/aromatic N) is 1. The van der Waals surface area contributed by atoms with Crippen LogP contribution in [0.3, 0.4) is 0 Å². The molecule has 1 saturated carbocycles. The number of carbonyl (C=O) groups is 1. The zero-order chi connectivity index (χ0) is 12.3. The molecule has 0 aromatic heterocycles. The molecule has 0 saturated heterocycles. The predicted molar refractivity (Wildman–Crippen MR) is 65.2 cm³/mol. The second-order valence-electron chi connectivity index (χ2n) is 5.49. The Kier molecular flexibility index (Phi) is 4.78. The van der Waals surface area contributed by atoms with Crippen molar-refractivity contribution in [1.29, 1.82) is 0 Å². The molecule has 0 aliphatic heterocycles. The first-order chi connectivity index (χ1) is 7.41. The highest BCUT2D eigenvalue weighted by Crippen LogP contribution is 2.36. The first kappa shape index (κ1) is 13.5. The van der Waals surface area contributed by atoms with Gasteiger partial charge in [-0.25, -0.2) is 0 Å². The highest BCUT2D eigenvalue weighted by atomic mass is 16.5. The molecule has 1 amide bonds. The molecule has 3 heteroatoms. The quantitative estimate of drug-likeness (QED) is 0.721. The van der Waals surface area contributed by atoms with E-state index in [0.717, 1.165) is 24.7 Å². The Hall–Kier alpha value is -0.570. The second kappa shape index (κ2) is 5.67. The molecule has 0 heterocycles. The van der Waals surface area contributed by atoms with Gasteiger partial charge in [0.1, 0.15) is 6.61 Å². The van der Waals surface area contributed by atoms with Gasteiger partial charge in [-0.3, -0.25) is 4.79 Å². The first-order valence-corrected chi connectivity index (χ1v) is 6.29. The van der Waals surface area contributed by atoms with E-state index in [-0.39, 0.29) is 18.6 Å². The van der Waals surface area contributed by atoms with E-state index in [2.05, 4.69) is 13.8 Å². The number of hydrogen-bond donors (Lipinski definition) is 0. The summed E-state index contributed by atoms with van der Waals surface area (Å²) < 4.78 is 5.33. The van der Waals surface area contributed by atoms with Crippen LogP contribution >= 0.6 is 0 Å². The minimum absolute atomic E-state index is 0.112. The van der Waals surface area contributed by atoms with Crippen molar-refractivity contribution in [3.05, 3.63) is 0 Å². The van der Waals surface area contributed by atoms with E-state index < -0.39 is 0 Å². The topological polar surface area (TPSA) is 29.5 Å². The van der Waals surface area contributed by atoms with Crippen LogP contribution in [-0.4, -0.2) is 36.6 Å². The standard InChI is InChI=1S/C13H25NO2/c1-9(2)11-6-12(7-11)14(5)13(15)8-16-10(3)4/h9-12H,6-8H2,1-5H3/t11-,12-. The van der Waals surface area contributed by atoms with Crippen molar-refractivity contribution in [2.24, 2.45) is 11.8 Å². The van der Waals surface area contributed by atoms with E-state index in [9.17, 15) is 4.79 Å². The number of carbonyl (C=O) groups excluding carboxylic acids is 1. The molecular formula is C13H25NO2. The minimum Gasteiger partial charge on any atom is -0.369 e. The molecule has 0 aromatic carbocycles. The van der Waals surface area contributed by atoms with E-state index in [1.54, 1.807) is 0 Å². The molecule has 0 unspecified atom stereocenters. The zero-order valence-corrected chi connectivity index (χ0v) is 11.2. The third-order valence-electron chi connectivity index (χ3n) is 3.57. The van der Waals surface area contributed by atoms with Crippen molar-refractivity contribution in [3.8, 4) is 0 Å². The Morgan fingerprint density at radius 3 is 2.31 bits per heavy atom. The molecule has 16 heavy (non-hydrogen) atoms. The van der Waals surface area contributed by atoms with Gasteiger partial charge in [0, 0.05) is 13.1 Å². The van der Waals surface area contributed by atoms with Gasteiger partial charge in [-0.15, -0.1) is 0 Å². The fourth-order valence-corrected chi connectivity index (χ4v) is 2.03. The van der Waals surface area contributed by atoms with E-state index in [1.165, 1.54) is 0 Å². The van der Waals surface area contributed by atoms with E-state index in [4.69, 9.17) is 4.74 Å². The molecule has 0 bridgehead atoms. The fraction of sp³-hybridized carbons (Fsp3) is 0.923. The third kappa shape index (κ3) is 3.48. The van der Waals surface area contributed by atoms with Gasteiger partial charge in [0.25, 0.3) is 0 Å². The molecular weight excluding hydrogens is 202 g/mol. The van der Waals surface area contributed by atoms with Crippen molar-refractivity contribution in [1.82, 2.24) is 4.90 Å². The van der Waals surface area contributed by atoms with Crippen molar-refractivity contribution in [2.75, 3.05) is 13.7 Å². The van der Waals surface area contributed by atoms with Crippen LogP contribution < -0.4 is 0 Å². The summed E-state index contributed by atoms with van der Waals surface area (Å²) >= 11 is 0. The summed E-state index contributed by atoms with van der Waals surface area (Å²) in [5.41, 5.74) is 0. The number of rotatable bonds is 5. The summed E-state index contributed by atoms with van der Waals surface area (Å²) in [5, 5.41) is 0. The Balaban J connectivity index is 2.25. The van der Waals surface area contributed by atoms with E-state index >= 15 is 0 Å². The van der Waals surface area contributed by atoms with E-state index in [0.29, 0.717) is 6.04 Å². The van der Waals surface area contributed by atoms with Gasteiger partial charge in [0.2, 0.25) is 5.91 Å². The second-order valence-corrected chi connectivity index (χ2v) is 5.49. The average Bonchev–Trinajstić information content (AvgIpc) is 2.10. The SMILES string of the molecule is CC(C)OCC(=O)N(C)[C@H]1C[C@H](C(C)C)C1. The Bertz CT molecular complexity index is 232. The molecule has 1 fully saturated rings. The monoisotopic (exact) mass is 227 g/mol. The number of hydrogen-bond acceptors (Lipinski definition) is 2. The summed E-state index contributed by atoms with van der Waals surface area (Å²) in [7, 11) is 1.90. The van der Waals surface area contributed by atoms with Crippen LogP contribution in [-0.2, 0) is 9.53 Å². The maximum Gasteiger partial charge on any atom is 0.248 e. The normalized spacial score (nSPS) is 24.7. The van der Waals surface area contributed by atoms with Gasteiger partial charge in [0.05, 0.1) is 6.10 Å². The Morgan fingerprint density at radius 2 is 1.88 bits per heavy atom. The zero-order valence-electron chi connectivity index (χ0n) is 11.2. The van der Waals surface area contributed by atoms with Crippen molar-refractivity contribution < 1.29 is 9.53 Å². The fourth-order valence-electron chi connectivity index (χ4n) is 2.03. The largest absolute Gasteiger partial charge is 0.369 e. The van der Waals surface area contributed by atoms with Gasteiger partial charge >= 0.3 is 0 Å². The lowest BCUT2D eigenvalue weighted by Crippen LogP contribution is -2.48. The van der Waals surface area contributed by atoms with Crippen LogP contribution in [0.2, 0.25) is 0 Å². The van der Waals surface area contributed by atoms with Crippen molar-refractivity contribution in [3.63, 3.8) is 0 Å². The molecule has 0 aromatic rings. The molecule has 94 valence electrons. The van der Waals surface area contributed by atoms with Crippen LogP contribution in [0.1, 0.15) is 40.5 Å². The molecule has 0 spiro atoms. The molecule has 0 N–H and O–H groups in total. The predicted octanol–water partition coefficient (Wildman–Crippen LogP) is 2.30. The minimum atomic E-state index is 0.112. The van der Waals surface area contributed by atoms with Crippen molar-refractivity contribution >= 4 is 5.91 Å². The summed E-state index contributed by atoms with van der Waals surface area (Å²) in [6.07, 6.45) is 2.44. The highest BCUT2D eigenvalue weighted by Gasteiger charge is 2.35. The molecule has 1 rings (SSSR count). The van der Waals surface area contributed by atoms with Crippen molar-refractivity contribution in [2.45, 2.75) is 52.7 Å². The maximum atomic E-state index is 11.8. The number of ether oxygens (including phenoxy) is 1. The summed E-state index contributed by atoms with van der Waals surface area (Å²) in [6.45, 7) is 8.63. The van der Waals surface area contributed by atoms with E-state index in [1.807, 2.05) is 25.8 Å². The average molecular weight is 227 g/mol. The summed E-state index contributed by atoms with van der Waals surface area (Å²) in [6, 6.07) is 0.440. The lowest BCUT2D eigenvalue weighted by atomic mass is 9.73. The van der Waals surface area contributed by atoms with Gasteiger partial charge in [-0.05, 0) is 38.5 Å².